The van der Waals surface area contributed by atoms with Gasteiger partial charge in [-0.15, -0.1) is 0 Å². The van der Waals surface area contributed by atoms with Gasteiger partial charge in [-0.1, -0.05) is 0 Å². The van der Waals surface area contributed by atoms with E-state index in [9.17, 15) is 9.18 Å². The van der Waals surface area contributed by atoms with Crippen LogP contribution in [-0.4, -0.2) is 42.9 Å². The summed E-state index contributed by atoms with van der Waals surface area (Å²) in [5.41, 5.74) is 1.25. The van der Waals surface area contributed by atoms with Crippen LogP contribution in [0, 0.1) is 12.7 Å². The molecule has 0 fully saturated rings. The molecule has 1 aliphatic heterocycles. The fourth-order valence-corrected chi connectivity index (χ4v) is 2.50. The quantitative estimate of drug-likeness (QED) is 0.802. The first-order valence-corrected chi connectivity index (χ1v) is 7.77. The zero-order chi connectivity index (χ0) is 17.5. The number of nitrogens with zero attached hydrogens (tertiary/aromatic N) is 5. The highest BCUT2D eigenvalue weighted by molar-refractivity contribution is 5.69. The van der Waals surface area contributed by atoms with Gasteiger partial charge in [0.2, 0.25) is 0 Å². The minimum atomic E-state index is -0.547. The maximum absolute atomic E-state index is 13.4. The highest BCUT2D eigenvalue weighted by Gasteiger charge is 2.28. The third-order valence-electron chi connectivity index (χ3n) is 3.68. The number of hydrogen-bond acceptors (Lipinski definition) is 5. The standard InChI is InChI=1S/C16H20FN5O2/c1-10-12(17)8-18-14(20-10)11-7-19-22-6-5-21(9-13(11)22)15(23)24-16(2,3)4/h7-8H,5-6,9H2,1-4H3. The van der Waals surface area contributed by atoms with E-state index in [2.05, 4.69) is 15.1 Å². The monoisotopic (exact) mass is 333 g/mol. The molecule has 3 rings (SSSR count). The third kappa shape index (κ3) is 3.22. The van der Waals surface area contributed by atoms with E-state index >= 15 is 0 Å². The van der Waals surface area contributed by atoms with Gasteiger partial charge in [0.15, 0.2) is 11.6 Å². The number of fused-ring (bicyclic) bond motifs is 1. The van der Waals surface area contributed by atoms with E-state index in [1.807, 2.05) is 25.5 Å². The van der Waals surface area contributed by atoms with Crippen molar-refractivity contribution in [2.24, 2.45) is 0 Å². The van der Waals surface area contributed by atoms with Crippen molar-refractivity contribution >= 4 is 6.09 Å². The van der Waals surface area contributed by atoms with Crippen LogP contribution in [0.15, 0.2) is 12.4 Å². The van der Waals surface area contributed by atoms with Crippen LogP contribution in [0.3, 0.4) is 0 Å². The van der Waals surface area contributed by atoms with Crippen molar-refractivity contribution < 1.29 is 13.9 Å². The maximum Gasteiger partial charge on any atom is 0.410 e. The number of aryl methyl sites for hydroxylation is 1. The summed E-state index contributed by atoms with van der Waals surface area (Å²) >= 11 is 0. The summed E-state index contributed by atoms with van der Waals surface area (Å²) in [4.78, 5) is 22.1. The van der Waals surface area contributed by atoms with E-state index in [4.69, 9.17) is 4.74 Å². The first-order valence-electron chi connectivity index (χ1n) is 7.77. The van der Waals surface area contributed by atoms with E-state index < -0.39 is 11.4 Å². The first-order chi connectivity index (χ1) is 11.2. The van der Waals surface area contributed by atoms with E-state index in [-0.39, 0.29) is 11.8 Å². The minimum Gasteiger partial charge on any atom is -0.444 e. The summed E-state index contributed by atoms with van der Waals surface area (Å²) in [6.45, 7) is 8.52. The Morgan fingerprint density at radius 3 is 2.71 bits per heavy atom. The Labute approximate surface area is 139 Å². The SMILES string of the molecule is Cc1nc(-c2cnn3c2CN(C(=O)OC(C)(C)C)CC3)ncc1F. The van der Waals surface area contributed by atoms with Crippen LogP contribution in [0.4, 0.5) is 9.18 Å². The molecule has 7 nitrogen and oxygen atoms in total. The fraction of sp³-hybridized carbons (Fsp3) is 0.500. The lowest BCUT2D eigenvalue weighted by molar-refractivity contribution is 0.0195. The molecule has 1 aliphatic rings. The van der Waals surface area contributed by atoms with Crippen LogP contribution < -0.4 is 0 Å². The van der Waals surface area contributed by atoms with Crippen LogP contribution in [0.2, 0.25) is 0 Å². The van der Waals surface area contributed by atoms with Crippen molar-refractivity contribution in [1.29, 1.82) is 0 Å². The van der Waals surface area contributed by atoms with E-state index in [0.29, 0.717) is 31.0 Å². The second-order valence-electron chi connectivity index (χ2n) is 6.76. The summed E-state index contributed by atoms with van der Waals surface area (Å²) in [5.74, 6) is -0.0450. The molecule has 128 valence electrons. The largest absolute Gasteiger partial charge is 0.444 e. The van der Waals surface area contributed by atoms with Crippen LogP contribution in [0.5, 0.6) is 0 Å². The summed E-state index contributed by atoms with van der Waals surface area (Å²) < 4.78 is 20.6. The van der Waals surface area contributed by atoms with Crippen molar-refractivity contribution in [2.45, 2.75) is 46.4 Å². The van der Waals surface area contributed by atoms with Gasteiger partial charge in [0.1, 0.15) is 5.60 Å². The molecule has 0 aromatic carbocycles. The third-order valence-corrected chi connectivity index (χ3v) is 3.68. The van der Waals surface area contributed by atoms with Crippen molar-refractivity contribution in [3.63, 3.8) is 0 Å². The molecule has 0 saturated carbocycles. The van der Waals surface area contributed by atoms with Crippen LogP contribution >= 0.6 is 0 Å². The normalized spacial score (nSPS) is 14.5. The smallest absolute Gasteiger partial charge is 0.410 e. The fourth-order valence-electron chi connectivity index (χ4n) is 2.50. The maximum atomic E-state index is 13.4. The molecule has 0 bridgehead atoms. The van der Waals surface area contributed by atoms with Crippen LogP contribution in [0.25, 0.3) is 11.4 Å². The van der Waals surface area contributed by atoms with Gasteiger partial charge in [-0.3, -0.25) is 4.68 Å². The summed E-state index contributed by atoms with van der Waals surface area (Å²) in [5, 5.41) is 4.32. The Kier molecular flexibility index (Phi) is 3.98. The second-order valence-corrected chi connectivity index (χ2v) is 6.76. The van der Waals surface area contributed by atoms with Crippen molar-refractivity contribution in [2.75, 3.05) is 6.54 Å². The van der Waals surface area contributed by atoms with Gasteiger partial charge in [0.05, 0.1) is 42.4 Å². The zero-order valence-electron chi connectivity index (χ0n) is 14.2. The van der Waals surface area contributed by atoms with Gasteiger partial charge < -0.3 is 9.64 Å². The first kappa shape index (κ1) is 16.4. The van der Waals surface area contributed by atoms with Gasteiger partial charge in [-0.2, -0.15) is 5.10 Å². The van der Waals surface area contributed by atoms with Gasteiger partial charge in [0, 0.05) is 6.54 Å². The molecule has 0 atom stereocenters. The molecule has 24 heavy (non-hydrogen) atoms. The molecule has 0 aliphatic carbocycles. The number of carbonyl (C=O) groups excluding carboxylic acids is 1. The molecular formula is C16H20FN5O2. The van der Waals surface area contributed by atoms with Crippen LogP contribution in [0.1, 0.15) is 32.2 Å². The Balaban J connectivity index is 1.87. The summed E-state index contributed by atoms with van der Waals surface area (Å²) in [6, 6.07) is 0. The molecule has 0 radical (unpaired) electrons. The predicted molar refractivity (Wildman–Crippen MR) is 84.6 cm³/mol. The number of ether oxygens (including phenoxy) is 1. The molecule has 8 heteroatoms. The Morgan fingerprint density at radius 2 is 2.04 bits per heavy atom. The molecule has 1 amide bonds. The summed E-state index contributed by atoms with van der Waals surface area (Å²) in [6.07, 6.45) is 2.44. The molecule has 2 aromatic heterocycles. The van der Waals surface area contributed by atoms with Crippen LogP contribution in [-0.2, 0) is 17.8 Å². The van der Waals surface area contributed by atoms with Gasteiger partial charge in [-0.05, 0) is 27.7 Å². The molecule has 0 spiro atoms. The number of rotatable bonds is 1. The number of halogens is 1. The molecule has 0 saturated heterocycles. The van der Waals surface area contributed by atoms with Crippen molar-refractivity contribution in [1.82, 2.24) is 24.6 Å². The van der Waals surface area contributed by atoms with Crippen molar-refractivity contribution in [3.05, 3.63) is 29.6 Å². The Morgan fingerprint density at radius 1 is 1.29 bits per heavy atom. The highest BCUT2D eigenvalue weighted by atomic mass is 19.1. The highest BCUT2D eigenvalue weighted by Crippen LogP contribution is 2.25. The van der Waals surface area contributed by atoms with Gasteiger partial charge in [0.25, 0.3) is 0 Å². The molecular weight excluding hydrogens is 313 g/mol. The van der Waals surface area contributed by atoms with E-state index in [0.717, 1.165) is 11.9 Å². The van der Waals surface area contributed by atoms with Gasteiger partial charge >= 0.3 is 6.09 Å². The minimum absolute atomic E-state index is 0.278. The Hall–Kier alpha value is -2.51. The van der Waals surface area contributed by atoms with Gasteiger partial charge in [-0.25, -0.2) is 19.2 Å². The molecule has 0 N–H and O–H groups in total. The molecule has 0 unspecified atom stereocenters. The average Bonchev–Trinajstić information content (AvgIpc) is 2.91. The zero-order valence-corrected chi connectivity index (χ0v) is 14.2. The van der Waals surface area contributed by atoms with E-state index in [1.54, 1.807) is 18.0 Å². The molecule has 2 aromatic rings. The lowest BCUT2D eigenvalue weighted by Crippen LogP contribution is -2.41. The van der Waals surface area contributed by atoms with Crippen molar-refractivity contribution in [3.8, 4) is 11.4 Å². The lowest BCUT2D eigenvalue weighted by Gasteiger charge is -2.30. The number of hydrogen-bond donors (Lipinski definition) is 0. The Bertz CT molecular complexity index is 781. The number of aromatic nitrogens is 4. The predicted octanol–water partition coefficient (Wildman–Crippen LogP) is 2.54. The average molecular weight is 333 g/mol. The summed E-state index contributed by atoms with van der Waals surface area (Å²) in [7, 11) is 0. The molecule has 3 heterocycles. The number of amides is 1. The van der Waals surface area contributed by atoms with E-state index in [1.165, 1.54) is 0 Å². The second kappa shape index (κ2) is 5.85. The lowest BCUT2D eigenvalue weighted by atomic mass is 10.2. The topological polar surface area (TPSA) is 73.1 Å². The number of carbonyl (C=O) groups is 1.